The third-order valence-corrected chi connectivity index (χ3v) is 3.99. The second-order valence-corrected chi connectivity index (χ2v) is 6.08. The largest absolute Gasteiger partial charge is 0.487 e. The lowest BCUT2D eigenvalue weighted by Gasteiger charge is -2.11. The molecular weight excluding hydrogens is 414 g/mol. The summed E-state index contributed by atoms with van der Waals surface area (Å²) in [6.07, 6.45) is 0.749. The Kier molecular flexibility index (Phi) is 5.18. The van der Waals surface area contributed by atoms with Gasteiger partial charge >= 0.3 is 0 Å². The van der Waals surface area contributed by atoms with Crippen LogP contribution in [0.15, 0.2) is 39.3 Å². The third kappa shape index (κ3) is 3.59. The lowest BCUT2D eigenvalue weighted by Crippen LogP contribution is -1.98. The average Bonchev–Trinajstić information content (AvgIpc) is 2.41. The quantitative estimate of drug-likeness (QED) is 0.617. The van der Waals surface area contributed by atoms with E-state index in [0.29, 0.717) is 20.3 Å². The minimum atomic E-state index is -0.465. The first kappa shape index (κ1) is 15.5. The predicted octanol–water partition coefficient (Wildman–Crippen LogP) is 5.40. The summed E-state index contributed by atoms with van der Waals surface area (Å²) in [6.45, 7) is 0.234. The van der Waals surface area contributed by atoms with Crippen molar-refractivity contribution in [3.05, 3.63) is 61.2 Å². The summed E-state index contributed by atoms with van der Waals surface area (Å²) in [5.41, 5.74) is 1.27. The first-order valence-corrected chi connectivity index (χ1v) is 7.48. The Morgan fingerprint density at radius 2 is 1.85 bits per heavy atom. The van der Waals surface area contributed by atoms with Crippen LogP contribution in [0.5, 0.6) is 5.75 Å². The number of hydrogen-bond donors (Lipinski definition) is 0. The second kappa shape index (κ2) is 6.70. The van der Waals surface area contributed by atoms with Crippen molar-refractivity contribution in [3.8, 4) is 5.75 Å². The van der Waals surface area contributed by atoms with Gasteiger partial charge in [0.2, 0.25) is 0 Å². The molecule has 0 atom stereocenters. The highest BCUT2D eigenvalue weighted by Crippen LogP contribution is 2.35. The molecule has 0 saturated carbocycles. The molecule has 0 spiro atoms. The summed E-state index contributed by atoms with van der Waals surface area (Å²) in [7, 11) is 0. The topological polar surface area (TPSA) is 26.3 Å². The maximum atomic E-state index is 13.1. The number of halogens is 4. The molecule has 0 aliphatic rings. The molecule has 2 aromatic rings. The lowest BCUT2D eigenvalue weighted by atomic mass is 10.2. The van der Waals surface area contributed by atoms with E-state index in [2.05, 4.69) is 31.9 Å². The average molecular weight is 422 g/mol. The van der Waals surface area contributed by atoms with Gasteiger partial charge in [-0.3, -0.25) is 4.79 Å². The zero-order chi connectivity index (χ0) is 14.7. The van der Waals surface area contributed by atoms with Crippen LogP contribution in [0.25, 0.3) is 0 Å². The number of ether oxygens (including phenoxy) is 1. The molecule has 0 aliphatic heterocycles. The lowest BCUT2D eigenvalue weighted by molar-refractivity contribution is 0.112. The monoisotopic (exact) mass is 420 g/mol. The predicted molar refractivity (Wildman–Crippen MR) is 83.0 cm³/mol. The molecule has 2 nitrogen and oxygen atoms in total. The van der Waals surface area contributed by atoms with Crippen LogP contribution in [-0.2, 0) is 6.61 Å². The number of rotatable bonds is 4. The molecule has 6 heteroatoms. The molecule has 104 valence electrons. The van der Waals surface area contributed by atoms with Crippen molar-refractivity contribution >= 4 is 49.7 Å². The molecule has 0 bridgehead atoms. The first-order valence-electron chi connectivity index (χ1n) is 5.52. The van der Waals surface area contributed by atoms with E-state index in [-0.39, 0.29) is 11.6 Å². The van der Waals surface area contributed by atoms with E-state index in [1.54, 1.807) is 18.2 Å². The third-order valence-electron chi connectivity index (χ3n) is 2.52. The number of carbonyl (C=O) groups is 1. The van der Waals surface area contributed by atoms with E-state index < -0.39 is 5.82 Å². The Morgan fingerprint density at radius 3 is 2.40 bits per heavy atom. The standard InChI is InChI=1S/C14H8Br2ClFO2/c15-10-3-9(6-19)4-11(16)14(10)20-7-8-1-2-13(18)12(17)5-8/h1-6H,7H2. The van der Waals surface area contributed by atoms with E-state index in [9.17, 15) is 9.18 Å². The highest BCUT2D eigenvalue weighted by Gasteiger charge is 2.10. The van der Waals surface area contributed by atoms with Gasteiger partial charge in [0.05, 0.1) is 14.0 Å². The van der Waals surface area contributed by atoms with Crippen molar-refractivity contribution < 1.29 is 13.9 Å². The van der Waals surface area contributed by atoms with Crippen LogP contribution < -0.4 is 4.74 Å². The second-order valence-electron chi connectivity index (χ2n) is 3.97. The molecule has 0 N–H and O–H groups in total. The van der Waals surface area contributed by atoms with Crippen molar-refractivity contribution in [1.82, 2.24) is 0 Å². The number of carbonyl (C=O) groups excluding carboxylic acids is 1. The molecule has 0 aliphatic carbocycles. The Balaban J connectivity index is 2.18. The van der Waals surface area contributed by atoms with Crippen LogP contribution in [-0.4, -0.2) is 6.29 Å². The molecular formula is C14H8Br2ClFO2. The zero-order valence-electron chi connectivity index (χ0n) is 10.00. The Hall–Kier alpha value is -0.910. The zero-order valence-corrected chi connectivity index (χ0v) is 13.9. The van der Waals surface area contributed by atoms with Crippen LogP contribution in [0.3, 0.4) is 0 Å². The first-order chi connectivity index (χ1) is 9.51. The molecule has 2 rings (SSSR count). The summed E-state index contributed by atoms with van der Waals surface area (Å²) >= 11 is 12.4. The minimum Gasteiger partial charge on any atom is -0.487 e. The van der Waals surface area contributed by atoms with E-state index >= 15 is 0 Å². The summed E-state index contributed by atoms with van der Waals surface area (Å²) in [6, 6.07) is 7.72. The van der Waals surface area contributed by atoms with Crippen molar-refractivity contribution in [2.24, 2.45) is 0 Å². The SMILES string of the molecule is O=Cc1cc(Br)c(OCc2ccc(F)c(Cl)c2)c(Br)c1. The summed E-state index contributed by atoms with van der Waals surface area (Å²) in [4.78, 5) is 10.7. The Morgan fingerprint density at radius 1 is 1.20 bits per heavy atom. The molecule has 2 aromatic carbocycles. The van der Waals surface area contributed by atoms with E-state index in [1.807, 2.05) is 0 Å². The van der Waals surface area contributed by atoms with Crippen molar-refractivity contribution in [2.45, 2.75) is 6.61 Å². The molecule has 0 fully saturated rings. The molecule has 0 amide bonds. The molecule has 0 aromatic heterocycles. The van der Waals surface area contributed by atoms with Gasteiger partial charge in [0.15, 0.2) is 0 Å². The van der Waals surface area contributed by atoms with Gasteiger partial charge in [-0.2, -0.15) is 0 Å². The number of benzene rings is 2. The highest BCUT2D eigenvalue weighted by molar-refractivity contribution is 9.11. The van der Waals surface area contributed by atoms with Crippen molar-refractivity contribution in [2.75, 3.05) is 0 Å². The smallest absolute Gasteiger partial charge is 0.150 e. The summed E-state index contributed by atoms with van der Waals surface area (Å²) < 4.78 is 20.0. The van der Waals surface area contributed by atoms with E-state index in [1.165, 1.54) is 12.1 Å². The van der Waals surface area contributed by atoms with Crippen LogP contribution in [0.1, 0.15) is 15.9 Å². The summed E-state index contributed by atoms with van der Waals surface area (Å²) in [5, 5.41) is 0.0561. The van der Waals surface area contributed by atoms with Crippen molar-refractivity contribution in [3.63, 3.8) is 0 Å². The van der Waals surface area contributed by atoms with Gasteiger partial charge in [0.1, 0.15) is 24.5 Å². The van der Waals surface area contributed by atoms with Crippen LogP contribution in [0, 0.1) is 5.82 Å². The van der Waals surface area contributed by atoms with Crippen LogP contribution >= 0.6 is 43.5 Å². The van der Waals surface area contributed by atoms with Gasteiger partial charge in [-0.25, -0.2) is 4.39 Å². The van der Waals surface area contributed by atoms with E-state index in [4.69, 9.17) is 16.3 Å². The molecule has 0 heterocycles. The van der Waals surface area contributed by atoms with Gasteiger partial charge in [0.25, 0.3) is 0 Å². The maximum absolute atomic E-state index is 13.1. The molecule has 0 radical (unpaired) electrons. The van der Waals surface area contributed by atoms with Gasteiger partial charge in [-0.15, -0.1) is 0 Å². The summed E-state index contributed by atoms with van der Waals surface area (Å²) in [5.74, 6) is 0.101. The maximum Gasteiger partial charge on any atom is 0.150 e. The van der Waals surface area contributed by atoms with Gasteiger partial charge < -0.3 is 4.74 Å². The highest BCUT2D eigenvalue weighted by atomic mass is 79.9. The van der Waals surface area contributed by atoms with Crippen LogP contribution in [0.4, 0.5) is 4.39 Å². The Bertz CT molecular complexity index is 639. The number of hydrogen-bond acceptors (Lipinski definition) is 2. The normalized spacial score (nSPS) is 10.4. The van der Waals surface area contributed by atoms with E-state index in [0.717, 1.165) is 11.8 Å². The van der Waals surface area contributed by atoms with Gasteiger partial charge in [0, 0.05) is 5.56 Å². The van der Waals surface area contributed by atoms with Crippen molar-refractivity contribution in [1.29, 1.82) is 0 Å². The van der Waals surface area contributed by atoms with Gasteiger partial charge in [-0.1, -0.05) is 17.7 Å². The van der Waals surface area contributed by atoms with Crippen LogP contribution in [0.2, 0.25) is 5.02 Å². The van der Waals surface area contributed by atoms with Gasteiger partial charge in [-0.05, 0) is 61.7 Å². The fourth-order valence-corrected chi connectivity index (χ4v) is 3.22. The fraction of sp³-hybridized carbons (Fsp3) is 0.0714. The fourth-order valence-electron chi connectivity index (χ4n) is 1.57. The Labute approximate surface area is 137 Å². The molecule has 0 saturated heterocycles. The molecule has 0 unspecified atom stereocenters. The number of aldehydes is 1. The molecule has 20 heavy (non-hydrogen) atoms. The minimum absolute atomic E-state index is 0.0561.